The lowest BCUT2D eigenvalue weighted by Crippen LogP contribution is -2.37. The number of amides is 1. The van der Waals surface area contributed by atoms with Crippen molar-refractivity contribution in [2.24, 2.45) is 11.7 Å². The molecule has 0 spiro atoms. The molecule has 0 aliphatic carbocycles. The lowest BCUT2D eigenvalue weighted by atomic mass is 9.95. The van der Waals surface area contributed by atoms with E-state index >= 15 is 0 Å². The van der Waals surface area contributed by atoms with Crippen molar-refractivity contribution in [3.8, 4) is 22.3 Å². The van der Waals surface area contributed by atoms with Gasteiger partial charge in [0.1, 0.15) is 11.6 Å². The Kier molecular flexibility index (Phi) is 6.39. The van der Waals surface area contributed by atoms with E-state index in [1.807, 2.05) is 6.07 Å². The van der Waals surface area contributed by atoms with Crippen LogP contribution in [0.3, 0.4) is 0 Å². The molecule has 160 valence electrons. The maximum absolute atomic E-state index is 13.4. The third-order valence-electron chi connectivity index (χ3n) is 5.71. The van der Waals surface area contributed by atoms with E-state index in [1.165, 1.54) is 24.3 Å². The third-order valence-corrected chi connectivity index (χ3v) is 5.71. The largest absolute Gasteiger partial charge is 0.350 e. The lowest BCUT2D eigenvalue weighted by Gasteiger charge is -2.14. The summed E-state index contributed by atoms with van der Waals surface area (Å²) in [5.41, 5.74) is 9.39. The smallest absolute Gasteiger partial charge is 0.251 e. The van der Waals surface area contributed by atoms with E-state index in [-0.39, 0.29) is 23.6 Å². The van der Waals surface area contributed by atoms with E-state index < -0.39 is 0 Å². The number of carbonyl (C=O) groups excluding carboxylic acids is 1. The van der Waals surface area contributed by atoms with Crippen molar-refractivity contribution >= 4 is 5.91 Å². The summed E-state index contributed by atoms with van der Waals surface area (Å²) in [7, 11) is 0. The second-order valence-corrected chi connectivity index (χ2v) is 7.97. The number of hydrogen-bond donors (Lipinski definition) is 3. The van der Waals surface area contributed by atoms with E-state index in [9.17, 15) is 13.6 Å². The van der Waals surface area contributed by atoms with Crippen molar-refractivity contribution in [2.75, 3.05) is 19.6 Å². The molecule has 4 N–H and O–H groups in total. The quantitative estimate of drug-likeness (QED) is 0.564. The summed E-state index contributed by atoms with van der Waals surface area (Å²) in [5, 5.41) is 6.38. The van der Waals surface area contributed by atoms with Gasteiger partial charge in [0, 0.05) is 18.2 Å². The topological polar surface area (TPSA) is 67.2 Å². The van der Waals surface area contributed by atoms with Gasteiger partial charge in [-0.05, 0) is 90.1 Å². The first-order chi connectivity index (χ1) is 15.0. The number of hydrogen-bond acceptors (Lipinski definition) is 3. The van der Waals surface area contributed by atoms with E-state index in [4.69, 9.17) is 5.73 Å². The van der Waals surface area contributed by atoms with Crippen LogP contribution in [0.15, 0.2) is 66.7 Å². The molecule has 1 aliphatic rings. The van der Waals surface area contributed by atoms with Gasteiger partial charge < -0.3 is 16.4 Å². The molecule has 0 bridgehead atoms. The molecule has 31 heavy (non-hydrogen) atoms. The van der Waals surface area contributed by atoms with Crippen molar-refractivity contribution in [3.63, 3.8) is 0 Å². The Morgan fingerprint density at radius 3 is 1.94 bits per heavy atom. The van der Waals surface area contributed by atoms with Crippen LogP contribution in [0.4, 0.5) is 8.78 Å². The number of rotatable bonds is 6. The summed E-state index contributed by atoms with van der Waals surface area (Å²) in [6.07, 6.45) is 0.938. The summed E-state index contributed by atoms with van der Waals surface area (Å²) in [6, 6.07) is 18.0. The molecule has 3 aromatic carbocycles. The molecule has 2 atom stereocenters. The van der Waals surface area contributed by atoms with Crippen LogP contribution in [0.25, 0.3) is 22.3 Å². The average molecular weight is 421 g/mol. The van der Waals surface area contributed by atoms with Crippen LogP contribution in [0.1, 0.15) is 16.8 Å². The minimum atomic E-state index is -0.323. The van der Waals surface area contributed by atoms with Crippen LogP contribution in [-0.2, 0) is 0 Å². The maximum Gasteiger partial charge on any atom is 0.251 e. The first-order valence-corrected chi connectivity index (χ1v) is 10.4. The molecule has 0 unspecified atom stereocenters. The Hall–Kier alpha value is -3.09. The van der Waals surface area contributed by atoms with Crippen LogP contribution in [0, 0.1) is 17.6 Å². The first-order valence-electron chi connectivity index (χ1n) is 10.4. The van der Waals surface area contributed by atoms with Gasteiger partial charge in [-0.1, -0.05) is 24.3 Å². The minimum absolute atomic E-state index is 0.190. The molecular weight excluding hydrogens is 396 g/mol. The van der Waals surface area contributed by atoms with E-state index in [0.29, 0.717) is 24.6 Å². The Balaban J connectivity index is 1.61. The Morgan fingerprint density at radius 2 is 1.45 bits per heavy atom. The summed E-state index contributed by atoms with van der Waals surface area (Å²) < 4.78 is 26.8. The molecule has 3 aromatic rings. The van der Waals surface area contributed by atoms with Gasteiger partial charge in [-0.3, -0.25) is 4.79 Å². The average Bonchev–Trinajstić information content (AvgIpc) is 3.26. The standard InChI is InChI=1S/C25H25F2N3O/c26-22-5-1-17(2-6-22)19-10-20(18-3-7-23(27)8-4-18)12-21(11-19)25(31)30-15-24-9-16(13-28)14-29-24/h1-8,10-12,16,24,29H,9,13-15,28H2,(H,30,31)/t16-,24-/m0/s1. The van der Waals surface area contributed by atoms with Crippen molar-refractivity contribution in [2.45, 2.75) is 12.5 Å². The number of benzene rings is 3. The van der Waals surface area contributed by atoms with Crippen LogP contribution >= 0.6 is 0 Å². The third kappa shape index (κ3) is 5.16. The van der Waals surface area contributed by atoms with Gasteiger partial charge >= 0.3 is 0 Å². The van der Waals surface area contributed by atoms with Crippen LogP contribution in [-0.4, -0.2) is 31.6 Å². The molecule has 1 aliphatic heterocycles. The zero-order chi connectivity index (χ0) is 21.8. The summed E-state index contributed by atoms with van der Waals surface area (Å²) in [5.74, 6) is -0.397. The first kappa shape index (κ1) is 21.2. The zero-order valence-corrected chi connectivity index (χ0v) is 17.1. The number of nitrogens with two attached hydrogens (primary N) is 1. The van der Waals surface area contributed by atoms with E-state index in [0.717, 1.165) is 35.2 Å². The highest BCUT2D eigenvalue weighted by molar-refractivity contribution is 5.97. The second kappa shape index (κ2) is 9.37. The monoisotopic (exact) mass is 421 g/mol. The van der Waals surface area contributed by atoms with Gasteiger partial charge in [-0.15, -0.1) is 0 Å². The van der Waals surface area contributed by atoms with E-state index in [2.05, 4.69) is 10.6 Å². The summed E-state index contributed by atoms with van der Waals surface area (Å²) >= 11 is 0. The fraction of sp³-hybridized carbons (Fsp3) is 0.240. The second-order valence-electron chi connectivity index (χ2n) is 7.97. The number of carbonyl (C=O) groups is 1. The van der Waals surface area contributed by atoms with Gasteiger partial charge in [-0.2, -0.15) is 0 Å². The van der Waals surface area contributed by atoms with Gasteiger partial charge in [0.05, 0.1) is 0 Å². The maximum atomic E-state index is 13.4. The van der Waals surface area contributed by atoms with Crippen molar-refractivity contribution in [3.05, 3.63) is 83.9 Å². The Bertz CT molecular complexity index is 988. The molecule has 1 amide bonds. The molecule has 0 aromatic heterocycles. The highest BCUT2D eigenvalue weighted by Gasteiger charge is 2.23. The molecule has 1 fully saturated rings. The molecule has 1 saturated heterocycles. The summed E-state index contributed by atoms with van der Waals surface area (Å²) in [4.78, 5) is 12.9. The molecule has 4 rings (SSSR count). The molecule has 0 radical (unpaired) electrons. The molecule has 4 nitrogen and oxygen atoms in total. The van der Waals surface area contributed by atoms with Gasteiger partial charge in [0.25, 0.3) is 5.91 Å². The van der Waals surface area contributed by atoms with Gasteiger partial charge in [0.2, 0.25) is 0 Å². The zero-order valence-electron chi connectivity index (χ0n) is 17.1. The lowest BCUT2D eigenvalue weighted by molar-refractivity contribution is 0.0950. The van der Waals surface area contributed by atoms with E-state index in [1.54, 1.807) is 36.4 Å². The Morgan fingerprint density at radius 1 is 0.903 bits per heavy atom. The predicted octanol–water partition coefficient (Wildman–Crippen LogP) is 3.97. The van der Waals surface area contributed by atoms with Crippen molar-refractivity contribution < 1.29 is 13.6 Å². The molecule has 6 heteroatoms. The fourth-order valence-electron chi connectivity index (χ4n) is 3.93. The van der Waals surface area contributed by atoms with Crippen LogP contribution in [0.2, 0.25) is 0 Å². The van der Waals surface area contributed by atoms with Crippen LogP contribution < -0.4 is 16.4 Å². The fourth-order valence-corrected chi connectivity index (χ4v) is 3.93. The van der Waals surface area contributed by atoms with Crippen molar-refractivity contribution in [1.82, 2.24) is 10.6 Å². The summed E-state index contributed by atoms with van der Waals surface area (Å²) in [6.45, 7) is 2.02. The highest BCUT2D eigenvalue weighted by Crippen LogP contribution is 2.29. The molecular formula is C25H25F2N3O. The Labute approximate surface area is 180 Å². The predicted molar refractivity (Wildman–Crippen MR) is 119 cm³/mol. The van der Waals surface area contributed by atoms with Gasteiger partial charge in [0.15, 0.2) is 0 Å². The number of nitrogens with one attached hydrogen (secondary N) is 2. The SMILES string of the molecule is NC[C@H]1CN[C@H](CNC(=O)c2cc(-c3ccc(F)cc3)cc(-c3ccc(F)cc3)c2)C1. The van der Waals surface area contributed by atoms with Crippen molar-refractivity contribution in [1.29, 1.82) is 0 Å². The molecule has 1 heterocycles. The minimum Gasteiger partial charge on any atom is -0.350 e. The normalized spacial score (nSPS) is 18.2. The molecule has 0 saturated carbocycles. The van der Waals surface area contributed by atoms with Gasteiger partial charge in [-0.25, -0.2) is 8.78 Å². The number of halogens is 2. The van der Waals surface area contributed by atoms with Crippen LogP contribution in [0.5, 0.6) is 0 Å². The highest BCUT2D eigenvalue weighted by atomic mass is 19.1.